The number of sulfonamides is 1. The zero-order valence-electron chi connectivity index (χ0n) is 19.7. The Hall–Kier alpha value is -3.43. The molecule has 0 aromatic heterocycles. The predicted octanol–water partition coefficient (Wildman–Crippen LogP) is 2.63. The summed E-state index contributed by atoms with van der Waals surface area (Å²) in [6, 6.07) is 18.6. The van der Waals surface area contributed by atoms with Gasteiger partial charge in [-0.25, -0.2) is 8.42 Å². The van der Waals surface area contributed by atoms with Gasteiger partial charge in [-0.15, -0.1) is 0 Å². The zero-order valence-corrected chi connectivity index (χ0v) is 20.5. The fourth-order valence-electron chi connectivity index (χ4n) is 3.59. The number of methoxy groups -OCH3 is 1. The highest BCUT2D eigenvalue weighted by atomic mass is 32.2. The van der Waals surface area contributed by atoms with E-state index in [2.05, 4.69) is 5.32 Å². The van der Waals surface area contributed by atoms with Crippen molar-refractivity contribution < 1.29 is 22.7 Å². The first-order chi connectivity index (χ1) is 16.2. The Morgan fingerprint density at radius 1 is 1.00 bits per heavy atom. The van der Waals surface area contributed by atoms with Gasteiger partial charge in [0.2, 0.25) is 21.8 Å². The van der Waals surface area contributed by atoms with Crippen molar-refractivity contribution in [3.63, 3.8) is 0 Å². The molecule has 8 nitrogen and oxygen atoms in total. The lowest BCUT2D eigenvalue weighted by Gasteiger charge is -2.30. The van der Waals surface area contributed by atoms with E-state index in [1.807, 2.05) is 24.3 Å². The SMILES string of the molecule is CNC(=O)[C@@H](C)N(Cc1ccc(OC)cc1)C(=O)CN(C)S(=O)(=O)c1ccc2ccccc2c1. The first kappa shape index (κ1) is 25.2. The maximum Gasteiger partial charge on any atom is 0.243 e. The number of hydrogen-bond donors (Lipinski definition) is 1. The van der Waals surface area contributed by atoms with Gasteiger partial charge in [0.25, 0.3) is 0 Å². The minimum atomic E-state index is -3.92. The summed E-state index contributed by atoms with van der Waals surface area (Å²) in [7, 11) is 0.487. The van der Waals surface area contributed by atoms with Gasteiger partial charge in [-0.2, -0.15) is 4.31 Å². The number of nitrogens with one attached hydrogen (secondary N) is 1. The lowest BCUT2D eigenvalue weighted by Crippen LogP contribution is -2.50. The molecule has 0 saturated heterocycles. The van der Waals surface area contributed by atoms with Gasteiger partial charge in [0.05, 0.1) is 18.6 Å². The lowest BCUT2D eigenvalue weighted by molar-refractivity contribution is -0.140. The molecule has 0 radical (unpaired) electrons. The molecule has 0 saturated carbocycles. The maximum absolute atomic E-state index is 13.2. The second-order valence-electron chi connectivity index (χ2n) is 7.93. The van der Waals surface area contributed by atoms with Crippen LogP contribution < -0.4 is 10.1 Å². The Balaban J connectivity index is 1.83. The largest absolute Gasteiger partial charge is 0.497 e. The summed E-state index contributed by atoms with van der Waals surface area (Å²) in [5, 5.41) is 4.26. The number of likely N-dealkylation sites (N-methyl/N-ethyl adjacent to an activating group) is 2. The second-order valence-corrected chi connectivity index (χ2v) is 9.97. The van der Waals surface area contributed by atoms with E-state index in [0.29, 0.717) is 5.75 Å². The van der Waals surface area contributed by atoms with Crippen molar-refractivity contribution in [3.05, 3.63) is 72.3 Å². The van der Waals surface area contributed by atoms with Crippen molar-refractivity contribution >= 4 is 32.6 Å². The Bertz CT molecular complexity index is 1280. The Kier molecular flexibility index (Phi) is 7.90. The summed E-state index contributed by atoms with van der Waals surface area (Å²) in [5.41, 5.74) is 0.782. The number of amides is 2. The molecule has 0 aliphatic rings. The summed E-state index contributed by atoms with van der Waals surface area (Å²) in [5.74, 6) is -0.164. The molecule has 0 bridgehead atoms. The third kappa shape index (κ3) is 5.55. The van der Waals surface area contributed by atoms with Crippen LogP contribution in [0.3, 0.4) is 0 Å². The molecule has 180 valence electrons. The van der Waals surface area contributed by atoms with Crippen LogP contribution in [-0.2, 0) is 26.2 Å². The number of hydrogen-bond acceptors (Lipinski definition) is 5. The van der Waals surface area contributed by atoms with Crippen LogP contribution in [-0.4, -0.2) is 63.2 Å². The average molecular weight is 484 g/mol. The van der Waals surface area contributed by atoms with Crippen molar-refractivity contribution in [2.75, 3.05) is 27.7 Å². The molecule has 1 N–H and O–H groups in total. The third-order valence-electron chi connectivity index (χ3n) is 5.71. The normalized spacial score (nSPS) is 12.4. The number of nitrogens with zero attached hydrogens (tertiary/aromatic N) is 2. The predicted molar refractivity (Wildman–Crippen MR) is 131 cm³/mol. The number of benzene rings is 3. The molecule has 3 rings (SSSR count). The molecular formula is C25H29N3O5S. The highest BCUT2D eigenvalue weighted by Crippen LogP contribution is 2.22. The van der Waals surface area contributed by atoms with E-state index in [4.69, 9.17) is 4.74 Å². The molecule has 3 aromatic rings. The molecule has 34 heavy (non-hydrogen) atoms. The summed E-state index contributed by atoms with van der Waals surface area (Å²) >= 11 is 0. The summed E-state index contributed by atoms with van der Waals surface area (Å²) in [6.07, 6.45) is 0. The maximum atomic E-state index is 13.2. The van der Waals surface area contributed by atoms with E-state index in [-0.39, 0.29) is 17.3 Å². The van der Waals surface area contributed by atoms with Crippen LogP contribution >= 0.6 is 0 Å². The Labute approximate surface area is 200 Å². The van der Waals surface area contributed by atoms with Gasteiger partial charge < -0.3 is 15.0 Å². The smallest absolute Gasteiger partial charge is 0.243 e. The van der Waals surface area contributed by atoms with Gasteiger partial charge in [-0.1, -0.05) is 42.5 Å². The van der Waals surface area contributed by atoms with Gasteiger partial charge in [0, 0.05) is 20.6 Å². The first-order valence-corrected chi connectivity index (χ1v) is 12.2. The van der Waals surface area contributed by atoms with E-state index in [1.54, 1.807) is 50.4 Å². The number of ether oxygens (including phenoxy) is 1. The monoisotopic (exact) mass is 483 g/mol. The third-order valence-corrected chi connectivity index (χ3v) is 7.51. The summed E-state index contributed by atoms with van der Waals surface area (Å²) < 4.78 is 32.5. The standard InChI is InChI=1S/C25H29N3O5S/c1-18(25(30)26-2)28(16-19-9-12-22(33-4)13-10-19)24(29)17-27(3)34(31,32)23-14-11-20-7-5-6-8-21(20)15-23/h5-15,18H,16-17H2,1-4H3,(H,26,30)/t18-/m1/s1. The van der Waals surface area contributed by atoms with Crippen molar-refractivity contribution in [1.82, 2.24) is 14.5 Å². The lowest BCUT2D eigenvalue weighted by atomic mass is 10.1. The Morgan fingerprint density at radius 3 is 2.26 bits per heavy atom. The molecular weight excluding hydrogens is 454 g/mol. The van der Waals surface area contributed by atoms with Crippen molar-refractivity contribution in [2.24, 2.45) is 0 Å². The zero-order chi connectivity index (χ0) is 24.9. The fourth-order valence-corrected chi connectivity index (χ4v) is 4.75. The highest BCUT2D eigenvalue weighted by Gasteiger charge is 2.30. The number of carbonyl (C=O) groups is 2. The van der Waals surface area contributed by atoms with Crippen molar-refractivity contribution in [2.45, 2.75) is 24.4 Å². The van der Waals surface area contributed by atoms with E-state index in [0.717, 1.165) is 20.6 Å². The van der Waals surface area contributed by atoms with Gasteiger partial charge >= 0.3 is 0 Å². The van der Waals surface area contributed by atoms with Gasteiger partial charge in [-0.05, 0) is 47.5 Å². The quantitative estimate of drug-likeness (QED) is 0.505. The molecule has 0 fully saturated rings. The number of carbonyl (C=O) groups excluding carboxylic acids is 2. The van der Waals surface area contributed by atoms with E-state index >= 15 is 0 Å². The van der Waals surface area contributed by atoms with Crippen LogP contribution in [0.25, 0.3) is 10.8 Å². The van der Waals surface area contributed by atoms with E-state index in [9.17, 15) is 18.0 Å². The molecule has 0 spiro atoms. The van der Waals surface area contributed by atoms with Crippen molar-refractivity contribution in [3.8, 4) is 5.75 Å². The van der Waals surface area contributed by atoms with Gasteiger partial charge in [0.15, 0.2) is 0 Å². The molecule has 2 amide bonds. The molecule has 1 atom stereocenters. The van der Waals surface area contributed by atoms with E-state index in [1.165, 1.54) is 25.1 Å². The van der Waals surface area contributed by atoms with E-state index < -0.39 is 28.5 Å². The van der Waals surface area contributed by atoms with Crippen LogP contribution in [0.15, 0.2) is 71.6 Å². The molecule has 0 heterocycles. The van der Waals surface area contributed by atoms with Crippen LogP contribution in [0, 0.1) is 0 Å². The molecule has 0 aliphatic heterocycles. The molecule has 0 unspecified atom stereocenters. The average Bonchev–Trinajstić information content (AvgIpc) is 2.86. The molecule has 9 heteroatoms. The molecule has 0 aliphatic carbocycles. The Morgan fingerprint density at radius 2 is 1.65 bits per heavy atom. The van der Waals surface area contributed by atoms with Crippen LogP contribution in [0.2, 0.25) is 0 Å². The molecule has 3 aromatic carbocycles. The summed E-state index contributed by atoms with van der Waals surface area (Å²) in [6.45, 7) is 1.34. The van der Waals surface area contributed by atoms with Crippen molar-refractivity contribution in [1.29, 1.82) is 0 Å². The number of fused-ring (bicyclic) bond motifs is 1. The summed E-state index contributed by atoms with van der Waals surface area (Å²) in [4.78, 5) is 27.0. The van der Waals surface area contributed by atoms with Crippen LogP contribution in [0.5, 0.6) is 5.75 Å². The van der Waals surface area contributed by atoms with Gasteiger partial charge in [-0.3, -0.25) is 9.59 Å². The minimum absolute atomic E-state index is 0.0996. The first-order valence-electron chi connectivity index (χ1n) is 10.8. The fraction of sp³-hybridized carbons (Fsp3) is 0.280. The number of rotatable bonds is 9. The highest BCUT2D eigenvalue weighted by molar-refractivity contribution is 7.89. The van der Waals surface area contributed by atoms with Crippen LogP contribution in [0.4, 0.5) is 0 Å². The second kappa shape index (κ2) is 10.7. The topological polar surface area (TPSA) is 96.0 Å². The van der Waals surface area contributed by atoms with Crippen LogP contribution in [0.1, 0.15) is 12.5 Å². The van der Waals surface area contributed by atoms with Gasteiger partial charge in [0.1, 0.15) is 11.8 Å². The minimum Gasteiger partial charge on any atom is -0.497 e.